The molecule has 0 saturated heterocycles. The van der Waals surface area contributed by atoms with Gasteiger partial charge in [0.2, 0.25) is 0 Å². The van der Waals surface area contributed by atoms with Crippen LogP contribution in [0.3, 0.4) is 0 Å². The molecule has 28 heavy (non-hydrogen) atoms. The van der Waals surface area contributed by atoms with E-state index in [9.17, 15) is 0 Å². The number of anilines is 1. The Kier molecular flexibility index (Phi) is 4.65. The van der Waals surface area contributed by atoms with Crippen molar-refractivity contribution < 1.29 is 0 Å². The molecular formula is C22H20BrClN4. The average Bonchev–Trinajstić information content (AvgIpc) is 3.12. The molecule has 1 N–H and O–H groups in total. The molecule has 6 heteroatoms. The van der Waals surface area contributed by atoms with Gasteiger partial charge < -0.3 is 9.88 Å². The standard InChI is InChI=1S/C22H20BrClN4/c23-16-6-10-18(11-7-16)25-13-21-26-28-14-20(15-4-8-17(24)9-5-15)19-3-1-2-12-27(21)22(19)28/h4-11,14,25H,1-3,12-13H2. The van der Waals surface area contributed by atoms with Crippen LogP contribution < -0.4 is 5.32 Å². The van der Waals surface area contributed by atoms with Crippen LogP contribution in [0, 0.1) is 0 Å². The second kappa shape index (κ2) is 7.30. The van der Waals surface area contributed by atoms with E-state index in [0.717, 1.165) is 34.0 Å². The SMILES string of the molecule is Clc1ccc(-c2cn3nc(CNc4ccc(Br)cc4)n4c3c2CCCC4)cc1. The van der Waals surface area contributed by atoms with Gasteiger partial charge in [0, 0.05) is 39.1 Å². The minimum absolute atomic E-state index is 0.707. The second-order valence-corrected chi connectivity index (χ2v) is 8.53. The largest absolute Gasteiger partial charge is 0.378 e. The van der Waals surface area contributed by atoms with Gasteiger partial charge in [-0.1, -0.05) is 39.7 Å². The van der Waals surface area contributed by atoms with E-state index in [0.29, 0.717) is 6.54 Å². The highest BCUT2D eigenvalue weighted by Gasteiger charge is 2.22. The Hall–Kier alpha value is -2.24. The summed E-state index contributed by atoms with van der Waals surface area (Å²) >= 11 is 9.56. The van der Waals surface area contributed by atoms with E-state index in [-0.39, 0.29) is 0 Å². The van der Waals surface area contributed by atoms with Crippen molar-refractivity contribution in [1.29, 1.82) is 0 Å². The summed E-state index contributed by atoms with van der Waals surface area (Å²) in [6.07, 6.45) is 5.62. The first-order valence-electron chi connectivity index (χ1n) is 9.54. The number of nitrogens with one attached hydrogen (secondary N) is 1. The third-order valence-electron chi connectivity index (χ3n) is 5.36. The van der Waals surface area contributed by atoms with Gasteiger partial charge >= 0.3 is 0 Å². The molecule has 2 aromatic heterocycles. The third-order valence-corrected chi connectivity index (χ3v) is 6.14. The van der Waals surface area contributed by atoms with Crippen molar-refractivity contribution in [3.8, 4) is 11.1 Å². The highest BCUT2D eigenvalue weighted by molar-refractivity contribution is 9.10. The summed E-state index contributed by atoms with van der Waals surface area (Å²) < 4.78 is 5.52. The summed E-state index contributed by atoms with van der Waals surface area (Å²) in [6, 6.07) is 16.3. The van der Waals surface area contributed by atoms with E-state index >= 15 is 0 Å². The smallest absolute Gasteiger partial charge is 0.150 e. The van der Waals surface area contributed by atoms with E-state index in [1.165, 1.54) is 35.2 Å². The summed E-state index contributed by atoms with van der Waals surface area (Å²) in [4.78, 5) is 0. The average molecular weight is 456 g/mol. The Morgan fingerprint density at radius 1 is 1.04 bits per heavy atom. The Bertz CT molecular complexity index is 1130. The van der Waals surface area contributed by atoms with Crippen LogP contribution >= 0.6 is 27.5 Å². The monoisotopic (exact) mass is 454 g/mol. The van der Waals surface area contributed by atoms with E-state index < -0.39 is 0 Å². The highest BCUT2D eigenvalue weighted by Crippen LogP contribution is 2.33. The van der Waals surface area contributed by atoms with Crippen molar-refractivity contribution in [2.24, 2.45) is 0 Å². The number of halogens is 2. The Morgan fingerprint density at radius 2 is 1.82 bits per heavy atom. The van der Waals surface area contributed by atoms with Gasteiger partial charge in [0.25, 0.3) is 0 Å². The van der Waals surface area contributed by atoms with Gasteiger partial charge in [-0.15, -0.1) is 0 Å². The van der Waals surface area contributed by atoms with Crippen LogP contribution in [0.2, 0.25) is 5.02 Å². The van der Waals surface area contributed by atoms with E-state index in [1.807, 2.05) is 24.3 Å². The Balaban J connectivity index is 1.52. The number of aromatic nitrogens is 3. The van der Waals surface area contributed by atoms with Crippen LogP contribution in [0.1, 0.15) is 24.2 Å². The lowest BCUT2D eigenvalue weighted by molar-refractivity contribution is 0.619. The number of benzene rings is 2. The van der Waals surface area contributed by atoms with Crippen LogP contribution in [-0.2, 0) is 19.5 Å². The molecule has 0 unspecified atom stereocenters. The molecule has 1 aliphatic heterocycles. The molecule has 4 nitrogen and oxygen atoms in total. The molecular weight excluding hydrogens is 436 g/mol. The number of hydrogen-bond donors (Lipinski definition) is 1. The first-order chi connectivity index (χ1) is 13.7. The lowest BCUT2D eigenvalue weighted by Crippen LogP contribution is -2.09. The first kappa shape index (κ1) is 17.8. The minimum Gasteiger partial charge on any atom is -0.378 e. The van der Waals surface area contributed by atoms with Crippen molar-refractivity contribution in [1.82, 2.24) is 14.2 Å². The van der Waals surface area contributed by atoms with Crippen LogP contribution in [0.5, 0.6) is 0 Å². The van der Waals surface area contributed by atoms with Gasteiger partial charge in [0.1, 0.15) is 5.65 Å². The predicted octanol–water partition coefficient (Wildman–Crippen LogP) is 6.17. The van der Waals surface area contributed by atoms with Crippen molar-refractivity contribution in [3.05, 3.63) is 75.6 Å². The van der Waals surface area contributed by atoms with Crippen LogP contribution in [0.15, 0.2) is 59.2 Å². The number of aryl methyl sites for hydroxylation is 2. The Morgan fingerprint density at radius 3 is 2.61 bits per heavy atom. The summed E-state index contributed by atoms with van der Waals surface area (Å²) in [5.41, 5.74) is 6.19. The normalized spacial score (nSPS) is 13.6. The maximum absolute atomic E-state index is 6.08. The fourth-order valence-corrected chi connectivity index (χ4v) is 4.38. The van der Waals surface area contributed by atoms with Crippen molar-refractivity contribution in [2.75, 3.05) is 5.32 Å². The van der Waals surface area contributed by atoms with E-state index in [1.54, 1.807) is 0 Å². The molecule has 4 aromatic rings. The summed E-state index contributed by atoms with van der Waals surface area (Å²) in [5, 5.41) is 9.17. The number of hydrogen-bond acceptors (Lipinski definition) is 2. The van der Waals surface area contributed by atoms with E-state index in [2.05, 4.69) is 60.8 Å². The molecule has 2 aromatic carbocycles. The topological polar surface area (TPSA) is 34.3 Å². The molecule has 0 aliphatic carbocycles. The van der Waals surface area contributed by atoms with Gasteiger partial charge in [0.15, 0.2) is 5.82 Å². The second-order valence-electron chi connectivity index (χ2n) is 7.18. The van der Waals surface area contributed by atoms with E-state index in [4.69, 9.17) is 16.7 Å². The van der Waals surface area contributed by atoms with Gasteiger partial charge in [-0.05, 0) is 61.2 Å². The van der Waals surface area contributed by atoms with Gasteiger partial charge in [0.05, 0.1) is 6.54 Å². The van der Waals surface area contributed by atoms with Crippen molar-refractivity contribution in [3.63, 3.8) is 0 Å². The number of nitrogens with zero attached hydrogens (tertiary/aromatic N) is 3. The first-order valence-corrected chi connectivity index (χ1v) is 10.7. The highest BCUT2D eigenvalue weighted by atomic mass is 79.9. The quantitative estimate of drug-likeness (QED) is 0.399. The van der Waals surface area contributed by atoms with Gasteiger partial charge in [-0.2, -0.15) is 5.10 Å². The van der Waals surface area contributed by atoms with Gasteiger partial charge in [-0.25, -0.2) is 4.52 Å². The maximum Gasteiger partial charge on any atom is 0.150 e. The van der Waals surface area contributed by atoms with Crippen molar-refractivity contribution in [2.45, 2.75) is 32.4 Å². The summed E-state index contributed by atoms with van der Waals surface area (Å²) in [6.45, 7) is 1.72. The molecule has 1 aliphatic rings. The molecule has 0 amide bonds. The van der Waals surface area contributed by atoms with Gasteiger partial charge in [-0.3, -0.25) is 0 Å². The minimum atomic E-state index is 0.707. The Labute approximate surface area is 177 Å². The zero-order chi connectivity index (χ0) is 19.1. The van der Waals surface area contributed by atoms with Crippen LogP contribution in [-0.4, -0.2) is 14.2 Å². The fraction of sp³-hybridized carbons (Fsp3) is 0.227. The molecule has 0 saturated carbocycles. The maximum atomic E-state index is 6.08. The molecule has 5 rings (SSSR count). The molecule has 142 valence electrons. The lowest BCUT2D eigenvalue weighted by atomic mass is 10.0. The fourth-order valence-electron chi connectivity index (χ4n) is 3.99. The molecule has 0 spiro atoms. The molecule has 0 fully saturated rings. The number of rotatable bonds is 4. The van der Waals surface area contributed by atoms with Crippen LogP contribution in [0.25, 0.3) is 16.8 Å². The molecule has 0 radical (unpaired) electrons. The molecule has 3 heterocycles. The summed E-state index contributed by atoms with van der Waals surface area (Å²) in [5.74, 6) is 1.07. The predicted molar refractivity (Wildman–Crippen MR) is 118 cm³/mol. The zero-order valence-corrected chi connectivity index (χ0v) is 17.7. The zero-order valence-electron chi connectivity index (χ0n) is 15.3. The molecule has 0 bridgehead atoms. The lowest BCUT2D eigenvalue weighted by Gasteiger charge is -2.09. The molecule has 0 atom stereocenters. The third kappa shape index (κ3) is 3.23. The van der Waals surface area contributed by atoms with Crippen molar-refractivity contribution >= 4 is 38.9 Å². The van der Waals surface area contributed by atoms with Crippen LogP contribution in [0.4, 0.5) is 5.69 Å². The summed E-state index contributed by atoms with van der Waals surface area (Å²) in [7, 11) is 0.